The number of benzene rings is 1. The second-order valence-corrected chi connectivity index (χ2v) is 3.87. The van der Waals surface area contributed by atoms with Crippen molar-refractivity contribution in [1.29, 1.82) is 0 Å². The van der Waals surface area contributed by atoms with Gasteiger partial charge in [-0.05, 0) is 32.0 Å². The summed E-state index contributed by atoms with van der Waals surface area (Å²) < 4.78 is 33.2. The van der Waals surface area contributed by atoms with Gasteiger partial charge in [-0.15, -0.1) is 0 Å². The Labute approximate surface area is 108 Å². The molecular weight excluding hydrogens is 254 g/mol. The maximum atomic E-state index is 13.7. The molecule has 0 aliphatic heterocycles. The number of aryl methyl sites for hydroxylation is 1. The zero-order chi connectivity index (χ0) is 14.0. The first-order chi connectivity index (χ1) is 9.04. The van der Waals surface area contributed by atoms with Crippen LogP contribution in [0.15, 0.2) is 24.3 Å². The summed E-state index contributed by atoms with van der Waals surface area (Å²) in [6.45, 7) is 3.44. The van der Waals surface area contributed by atoms with Crippen LogP contribution in [0.2, 0.25) is 0 Å². The number of aromatic nitrogens is 2. The van der Waals surface area contributed by atoms with Gasteiger partial charge in [-0.25, -0.2) is 18.3 Å². The van der Waals surface area contributed by atoms with Crippen molar-refractivity contribution < 1.29 is 18.3 Å². The standard InChI is InChI=1S/C13H12F2N2O2/c1-3-19-13(18)11-7-8(2)16-17(11)12-9(14)5-4-6-10(12)15/h4-7H,3H2,1-2H3. The van der Waals surface area contributed by atoms with Crippen molar-refractivity contribution in [2.45, 2.75) is 13.8 Å². The summed E-state index contributed by atoms with van der Waals surface area (Å²) in [5.41, 5.74) is 0.0627. The van der Waals surface area contributed by atoms with Crippen molar-refractivity contribution in [3.05, 3.63) is 47.3 Å². The highest BCUT2D eigenvalue weighted by Crippen LogP contribution is 2.20. The van der Waals surface area contributed by atoms with Crippen molar-refractivity contribution in [3.8, 4) is 5.69 Å². The van der Waals surface area contributed by atoms with Crippen LogP contribution in [-0.4, -0.2) is 22.4 Å². The minimum Gasteiger partial charge on any atom is -0.461 e. The minimum absolute atomic E-state index is 0.0108. The van der Waals surface area contributed by atoms with Gasteiger partial charge in [0.25, 0.3) is 0 Å². The normalized spacial score (nSPS) is 10.5. The number of carbonyl (C=O) groups is 1. The van der Waals surface area contributed by atoms with E-state index in [-0.39, 0.29) is 12.3 Å². The topological polar surface area (TPSA) is 44.1 Å². The van der Waals surface area contributed by atoms with Gasteiger partial charge < -0.3 is 4.74 Å². The summed E-state index contributed by atoms with van der Waals surface area (Å²) in [4.78, 5) is 11.7. The molecule has 0 aliphatic carbocycles. The number of nitrogens with zero attached hydrogens (tertiary/aromatic N) is 2. The van der Waals surface area contributed by atoms with Crippen molar-refractivity contribution in [3.63, 3.8) is 0 Å². The Morgan fingerprint density at radius 3 is 2.58 bits per heavy atom. The Balaban J connectivity index is 2.60. The molecule has 2 aromatic rings. The van der Waals surface area contributed by atoms with Gasteiger partial charge in [-0.1, -0.05) is 6.07 Å². The number of esters is 1. The Bertz CT molecular complexity index is 603. The second-order valence-electron chi connectivity index (χ2n) is 3.87. The highest BCUT2D eigenvalue weighted by molar-refractivity contribution is 5.88. The molecule has 0 saturated carbocycles. The molecule has 0 spiro atoms. The molecule has 0 bridgehead atoms. The van der Waals surface area contributed by atoms with Gasteiger partial charge in [-0.2, -0.15) is 5.10 Å². The highest BCUT2D eigenvalue weighted by atomic mass is 19.1. The van der Waals surface area contributed by atoms with Gasteiger partial charge >= 0.3 is 5.97 Å². The second kappa shape index (κ2) is 5.17. The molecule has 0 N–H and O–H groups in total. The summed E-state index contributed by atoms with van der Waals surface area (Å²) in [6.07, 6.45) is 0. The van der Waals surface area contributed by atoms with Crippen LogP contribution in [0.5, 0.6) is 0 Å². The van der Waals surface area contributed by atoms with E-state index in [0.717, 1.165) is 16.8 Å². The molecule has 1 aromatic carbocycles. The summed E-state index contributed by atoms with van der Waals surface area (Å²) in [7, 11) is 0. The lowest BCUT2D eigenvalue weighted by atomic mass is 10.3. The van der Waals surface area contributed by atoms with Crippen LogP contribution < -0.4 is 0 Å². The third-order valence-corrected chi connectivity index (χ3v) is 2.47. The Kier molecular flexibility index (Phi) is 3.59. The molecule has 1 aromatic heterocycles. The van der Waals surface area contributed by atoms with Crippen LogP contribution in [0.1, 0.15) is 23.1 Å². The number of para-hydroxylation sites is 1. The molecule has 0 aliphatic rings. The van der Waals surface area contributed by atoms with E-state index >= 15 is 0 Å². The summed E-state index contributed by atoms with van der Waals surface area (Å²) in [5.74, 6) is -2.27. The fraction of sp³-hybridized carbons (Fsp3) is 0.231. The molecule has 1 heterocycles. The van der Waals surface area contributed by atoms with E-state index in [1.807, 2.05) is 0 Å². The molecule has 0 saturated heterocycles. The fourth-order valence-electron chi connectivity index (χ4n) is 1.71. The first-order valence-electron chi connectivity index (χ1n) is 5.72. The van der Waals surface area contributed by atoms with Gasteiger partial charge in [0.05, 0.1) is 12.3 Å². The molecule has 0 atom stereocenters. The number of rotatable bonds is 3. The first kappa shape index (κ1) is 13.2. The third kappa shape index (κ3) is 2.47. The molecule has 19 heavy (non-hydrogen) atoms. The Morgan fingerprint density at radius 2 is 2.00 bits per heavy atom. The molecule has 6 heteroatoms. The lowest BCUT2D eigenvalue weighted by Gasteiger charge is -2.08. The number of hydrogen-bond donors (Lipinski definition) is 0. The molecule has 4 nitrogen and oxygen atoms in total. The van der Waals surface area contributed by atoms with E-state index in [0.29, 0.717) is 5.69 Å². The molecule has 0 unspecified atom stereocenters. The van der Waals surface area contributed by atoms with Crippen LogP contribution in [0.3, 0.4) is 0 Å². The van der Waals surface area contributed by atoms with Crippen LogP contribution >= 0.6 is 0 Å². The van der Waals surface area contributed by atoms with E-state index in [1.165, 1.54) is 12.1 Å². The predicted molar refractivity (Wildman–Crippen MR) is 64.2 cm³/mol. The molecule has 2 rings (SSSR count). The zero-order valence-corrected chi connectivity index (χ0v) is 10.5. The van der Waals surface area contributed by atoms with Gasteiger partial charge in [0.15, 0.2) is 17.3 Å². The average molecular weight is 266 g/mol. The van der Waals surface area contributed by atoms with Crippen molar-refractivity contribution in [1.82, 2.24) is 9.78 Å². The van der Waals surface area contributed by atoms with E-state index < -0.39 is 23.3 Å². The Hall–Kier alpha value is -2.24. The minimum atomic E-state index is -0.798. The number of carbonyl (C=O) groups excluding carboxylic acids is 1. The van der Waals surface area contributed by atoms with Gasteiger partial charge in [0.2, 0.25) is 0 Å². The monoisotopic (exact) mass is 266 g/mol. The van der Waals surface area contributed by atoms with Gasteiger partial charge in [0.1, 0.15) is 5.69 Å². The average Bonchev–Trinajstić information content (AvgIpc) is 2.71. The molecule has 100 valence electrons. The van der Waals surface area contributed by atoms with E-state index in [1.54, 1.807) is 13.8 Å². The molecular formula is C13H12F2N2O2. The number of halogens is 2. The van der Waals surface area contributed by atoms with Crippen LogP contribution in [0, 0.1) is 18.6 Å². The van der Waals surface area contributed by atoms with Crippen LogP contribution in [0.25, 0.3) is 5.69 Å². The zero-order valence-electron chi connectivity index (χ0n) is 10.5. The molecule has 0 amide bonds. The van der Waals surface area contributed by atoms with Crippen molar-refractivity contribution >= 4 is 5.97 Å². The largest absolute Gasteiger partial charge is 0.461 e. The fourth-order valence-corrected chi connectivity index (χ4v) is 1.71. The maximum absolute atomic E-state index is 13.7. The SMILES string of the molecule is CCOC(=O)c1cc(C)nn1-c1c(F)cccc1F. The summed E-state index contributed by atoms with van der Waals surface area (Å²) >= 11 is 0. The highest BCUT2D eigenvalue weighted by Gasteiger charge is 2.21. The quantitative estimate of drug-likeness (QED) is 0.802. The van der Waals surface area contributed by atoms with E-state index in [2.05, 4.69) is 5.10 Å². The van der Waals surface area contributed by atoms with Crippen LogP contribution in [0.4, 0.5) is 8.78 Å². The van der Waals surface area contributed by atoms with Gasteiger partial charge in [0, 0.05) is 0 Å². The lowest BCUT2D eigenvalue weighted by Crippen LogP contribution is -2.14. The van der Waals surface area contributed by atoms with E-state index in [4.69, 9.17) is 4.74 Å². The third-order valence-electron chi connectivity index (χ3n) is 2.47. The number of ether oxygens (including phenoxy) is 1. The Morgan fingerprint density at radius 1 is 1.37 bits per heavy atom. The molecule has 0 fully saturated rings. The number of hydrogen-bond acceptors (Lipinski definition) is 3. The first-order valence-corrected chi connectivity index (χ1v) is 5.72. The van der Waals surface area contributed by atoms with Gasteiger partial charge in [-0.3, -0.25) is 0 Å². The maximum Gasteiger partial charge on any atom is 0.357 e. The summed E-state index contributed by atoms with van der Waals surface area (Å²) in [6, 6.07) is 4.87. The molecule has 0 radical (unpaired) electrons. The summed E-state index contributed by atoms with van der Waals surface area (Å²) in [5, 5.41) is 3.94. The van der Waals surface area contributed by atoms with Crippen molar-refractivity contribution in [2.75, 3.05) is 6.61 Å². The smallest absolute Gasteiger partial charge is 0.357 e. The predicted octanol–water partition coefficient (Wildman–Crippen LogP) is 2.64. The van der Waals surface area contributed by atoms with Crippen LogP contribution in [-0.2, 0) is 4.74 Å². The lowest BCUT2D eigenvalue weighted by molar-refractivity contribution is 0.0515. The van der Waals surface area contributed by atoms with Crippen molar-refractivity contribution in [2.24, 2.45) is 0 Å². The van der Waals surface area contributed by atoms with E-state index in [9.17, 15) is 13.6 Å².